The first-order valence-electron chi connectivity index (χ1n) is 7.16. The van der Waals surface area contributed by atoms with E-state index in [1.807, 2.05) is 52.1 Å². The van der Waals surface area contributed by atoms with Crippen molar-refractivity contribution in [2.45, 2.75) is 18.7 Å². The van der Waals surface area contributed by atoms with E-state index in [1.165, 1.54) is 0 Å². The molecule has 23 heavy (non-hydrogen) atoms. The Morgan fingerprint density at radius 3 is 2.87 bits per heavy atom. The number of aliphatic hydroxyl groups is 1. The number of hydrogen-bond acceptors (Lipinski definition) is 4. The van der Waals surface area contributed by atoms with Gasteiger partial charge in [-0.15, -0.1) is 0 Å². The molecule has 1 N–H and O–H groups in total. The zero-order valence-corrected chi connectivity index (χ0v) is 14.0. The normalized spacial score (nSPS) is 18.7. The second-order valence-corrected chi connectivity index (χ2v) is 5.19. The van der Waals surface area contributed by atoms with Crippen molar-refractivity contribution in [3.05, 3.63) is 64.8 Å². The molecular formula is C15H17BrN6O. The van der Waals surface area contributed by atoms with Gasteiger partial charge in [0.25, 0.3) is 0 Å². The molecule has 1 atom stereocenters. The highest BCUT2D eigenvalue weighted by molar-refractivity contribution is 5.37. The predicted molar refractivity (Wildman–Crippen MR) is 80.7 cm³/mol. The molecule has 8 heteroatoms. The number of aromatic nitrogens is 2. The molecule has 0 saturated heterocycles. The molecule has 2 heterocycles. The lowest BCUT2D eigenvalue weighted by molar-refractivity contribution is -0.685. The lowest BCUT2D eigenvalue weighted by Crippen LogP contribution is -3.00. The predicted octanol–water partition coefficient (Wildman–Crippen LogP) is -1.26. The van der Waals surface area contributed by atoms with Crippen molar-refractivity contribution in [1.82, 2.24) is 4.98 Å². The summed E-state index contributed by atoms with van der Waals surface area (Å²) in [5, 5.41) is 14.8. The van der Waals surface area contributed by atoms with Crippen LogP contribution in [-0.2, 0) is 12.3 Å². The van der Waals surface area contributed by atoms with Crippen LogP contribution in [0.3, 0.4) is 0 Å². The second-order valence-electron chi connectivity index (χ2n) is 5.19. The number of halogens is 1. The number of anilines is 1. The summed E-state index contributed by atoms with van der Waals surface area (Å²) in [5.74, 6) is 0.717. The Kier molecular flexibility index (Phi) is 5.54. The van der Waals surface area contributed by atoms with E-state index in [9.17, 15) is 5.11 Å². The molecule has 0 aliphatic carbocycles. The van der Waals surface area contributed by atoms with E-state index < -0.39 is 5.72 Å². The van der Waals surface area contributed by atoms with Crippen LogP contribution in [0.4, 0.5) is 5.95 Å². The minimum atomic E-state index is -1.14. The van der Waals surface area contributed by atoms with Crippen LogP contribution in [0.2, 0.25) is 0 Å². The molecule has 0 fully saturated rings. The maximum Gasteiger partial charge on any atom is 0.396 e. The van der Waals surface area contributed by atoms with Gasteiger partial charge in [0.1, 0.15) is 12.7 Å². The summed E-state index contributed by atoms with van der Waals surface area (Å²) in [4.78, 5) is 9.02. The molecule has 0 saturated carbocycles. The molecule has 0 bridgehead atoms. The van der Waals surface area contributed by atoms with Crippen molar-refractivity contribution in [3.8, 4) is 0 Å². The number of fused-ring (bicyclic) bond motifs is 1. The monoisotopic (exact) mass is 376 g/mol. The standard InChI is InChI=1S/C15H17N6O.BrH/c16-19-18-9-5-11-21-14-17-8-4-10-20(14)12-15(21,22)13-6-2-1-3-7-13;/h1-4,6-8,10,22H,5,9,11-12H2;1H/q+1;/p-1. The second kappa shape index (κ2) is 7.41. The summed E-state index contributed by atoms with van der Waals surface area (Å²) in [5.41, 5.74) is 8.06. The molecule has 3 rings (SSSR count). The summed E-state index contributed by atoms with van der Waals surface area (Å²) in [7, 11) is 0. The zero-order valence-electron chi connectivity index (χ0n) is 12.5. The quantitative estimate of drug-likeness (QED) is 0.232. The average molecular weight is 377 g/mol. The van der Waals surface area contributed by atoms with E-state index in [-0.39, 0.29) is 17.0 Å². The van der Waals surface area contributed by atoms with Crippen LogP contribution >= 0.6 is 0 Å². The van der Waals surface area contributed by atoms with Gasteiger partial charge in [0.15, 0.2) is 0 Å². The van der Waals surface area contributed by atoms with Crippen LogP contribution in [-0.4, -0.2) is 23.2 Å². The largest absolute Gasteiger partial charge is 1.00 e. The van der Waals surface area contributed by atoms with Crippen molar-refractivity contribution in [3.63, 3.8) is 0 Å². The topological polar surface area (TPSA) is 89.0 Å². The van der Waals surface area contributed by atoms with Crippen molar-refractivity contribution >= 4 is 5.95 Å². The van der Waals surface area contributed by atoms with Gasteiger partial charge in [-0.3, -0.25) is 0 Å². The molecule has 1 unspecified atom stereocenters. The minimum absolute atomic E-state index is 0. The molecule has 1 aromatic heterocycles. The molecule has 120 valence electrons. The summed E-state index contributed by atoms with van der Waals surface area (Å²) in [6.07, 6.45) is 4.27. The van der Waals surface area contributed by atoms with E-state index in [0.29, 0.717) is 26.1 Å². The highest BCUT2D eigenvalue weighted by Gasteiger charge is 2.50. The molecule has 0 amide bonds. The number of benzene rings is 1. The molecule has 1 aliphatic rings. The third-order valence-corrected chi connectivity index (χ3v) is 3.82. The third-order valence-electron chi connectivity index (χ3n) is 3.82. The fraction of sp³-hybridized carbons (Fsp3) is 0.333. The molecule has 7 nitrogen and oxygen atoms in total. The lowest BCUT2D eigenvalue weighted by atomic mass is 10.0. The van der Waals surface area contributed by atoms with E-state index in [2.05, 4.69) is 15.0 Å². The van der Waals surface area contributed by atoms with Gasteiger partial charge >= 0.3 is 5.95 Å². The summed E-state index contributed by atoms with van der Waals surface area (Å²) < 4.78 is 1.93. The number of rotatable bonds is 5. The summed E-state index contributed by atoms with van der Waals surface area (Å²) >= 11 is 0. The van der Waals surface area contributed by atoms with Crippen molar-refractivity contribution in [1.29, 1.82) is 0 Å². The van der Waals surface area contributed by atoms with E-state index >= 15 is 0 Å². The highest BCUT2D eigenvalue weighted by atomic mass is 79.9. The summed E-state index contributed by atoms with van der Waals surface area (Å²) in [6.45, 7) is 1.37. The summed E-state index contributed by atoms with van der Waals surface area (Å²) in [6, 6.07) is 11.4. The fourth-order valence-electron chi connectivity index (χ4n) is 2.81. The smallest absolute Gasteiger partial charge is 0.396 e. The van der Waals surface area contributed by atoms with Crippen molar-refractivity contribution in [2.24, 2.45) is 5.11 Å². The first-order valence-corrected chi connectivity index (χ1v) is 7.16. The van der Waals surface area contributed by atoms with Crippen LogP contribution < -0.4 is 26.4 Å². The Morgan fingerprint density at radius 1 is 1.35 bits per heavy atom. The van der Waals surface area contributed by atoms with Crippen molar-refractivity contribution in [2.75, 3.05) is 18.0 Å². The van der Waals surface area contributed by atoms with Crippen LogP contribution in [0.15, 0.2) is 53.9 Å². The van der Waals surface area contributed by atoms with Gasteiger partial charge in [-0.05, 0) is 12.0 Å². The fourth-order valence-corrected chi connectivity index (χ4v) is 2.81. The SMILES string of the molecule is [Br-].[N-]=[N+]=NCCCN1c2nccc[n+]2CC1(O)c1ccccc1. The third kappa shape index (κ3) is 3.29. The molecule has 2 aromatic rings. The van der Waals surface area contributed by atoms with Gasteiger partial charge in [-0.25, -0.2) is 9.47 Å². The minimum Gasteiger partial charge on any atom is -1.00 e. The molecule has 1 aliphatic heterocycles. The average Bonchev–Trinajstić information content (AvgIpc) is 2.85. The molecule has 0 radical (unpaired) electrons. The van der Waals surface area contributed by atoms with Crippen molar-refractivity contribution < 1.29 is 26.7 Å². The molecule has 1 aromatic carbocycles. The Morgan fingerprint density at radius 2 is 2.13 bits per heavy atom. The number of hydrogen-bond donors (Lipinski definition) is 1. The van der Waals surface area contributed by atoms with Gasteiger partial charge in [0, 0.05) is 23.1 Å². The number of azide groups is 1. The molecular weight excluding hydrogens is 360 g/mol. The number of nitrogens with zero attached hydrogens (tertiary/aromatic N) is 6. The Balaban J connectivity index is 0.00000192. The maximum atomic E-state index is 11.3. The molecule has 0 spiro atoms. The Labute approximate surface area is 144 Å². The van der Waals surface area contributed by atoms with Crippen LogP contribution in [0.25, 0.3) is 10.4 Å². The van der Waals surface area contributed by atoms with Gasteiger partial charge < -0.3 is 22.1 Å². The maximum absolute atomic E-state index is 11.3. The van der Waals surface area contributed by atoms with E-state index in [4.69, 9.17) is 5.53 Å². The van der Waals surface area contributed by atoms with Crippen LogP contribution in [0.5, 0.6) is 0 Å². The Bertz CT molecular complexity index is 706. The van der Waals surface area contributed by atoms with Gasteiger partial charge in [0.2, 0.25) is 5.72 Å². The van der Waals surface area contributed by atoms with Crippen LogP contribution in [0.1, 0.15) is 12.0 Å². The van der Waals surface area contributed by atoms with Gasteiger partial charge in [-0.1, -0.05) is 40.4 Å². The Hall–Kier alpha value is -2.15. The van der Waals surface area contributed by atoms with E-state index in [0.717, 1.165) is 11.5 Å². The lowest BCUT2D eigenvalue weighted by Gasteiger charge is -2.28. The highest BCUT2D eigenvalue weighted by Crippen LogP contribution is 2.33. The zero-order chi connectivity index (χ0) is 15.4. The van der Waals surface area contributed by atoms with Gasteiger partial charge in [0.05, 0.1) is 12.7 Å². The van der Waals surface area contributed by atoms with E-state index in [1.54, 1.807) is 6.20 Å². The first kappa shape index (κ1) is 17.2. The van der Waals surface area contributed by atoms with Crippen LogP contribution in [0, 0.1) is 0 Å². The van der Waals surface area contributed by atoms with Gasteiger partial charge in [-0.2, -0.15) is 0 Å². The first-order chi connectivity index (χ1) is 10.8.